The summed E-state index contributed by atoms with van der Waals surface area (Å²) in [7, 11) is 0. The van der Waals surface area contributed by atoms with Gasteiger partial charge in [0.25, 0.3) is 0 Å². The Hall–Kier alpha value is -1.65. The molecule has 20 heavy (non-hydrogen) atoms. The molecule has 0 amide bonds. The molecule has 1 N–H and O–H groups in total. The largest absolute Gasteiger partial charge is 0.304 e. The lowest BCUT2D eigenvalue weighted by Crippen LogP contribution is -2.36. The summed E-state index contributed by atoms with van der Waals surface area (Å²) in [4.78, 5) is 0. The van der Waals surface area contributed by atoms with E-state index in [1.54, 1.807) is 23.1 Å². The molecule has 0 aliphatic carbocycles. The predicted octanol–water partition coefficient (Wildman–Crippen LogP) is 3.80. The molecular formula is C15H17ClFN3. The van der Waals surface area contributed by atoms with E-state index in [-0.39, 0.29) is 11.4 Å². The normalized spacial score (nSPS) is 11.6. The maximum Gasteiger partial charge on any atom is 0.124 e. The van der Waals surface area contributed by atoms with Crippen LogP contribution in [-0.4, -0.2) is 9.78 Å². The molecule has 1 aromatic carbocycles. The van der Waals surface area contributed by atoms with E-state index in [0.29, 0.717) is 11.6 Å². The van der Waals surface area contributed by atoms with Gasteiger partial charge in [0.2, 0.25) is 0 Å². The Bertz CT molecular complexity index is 619. The summed E-state index contributed by atoms with van der Waals surface area (Å²) in [5.41, 5.74) is 1.52. The fourth-order valence-electron chi connectivity index (χ4n) is 1.98. The number of halogens is 2. The van der Waals surface area contributed by atoms with Crippen molar-refractivity contribution in [2.75, 3.05) is 0 Å². The number of rotatable bonds is 5. The molecule has 5 heteroatoms. The smallest absolute Gasteiger partial charge is 0.124 e. The van der Waals surface area contributed by atoms with Crippen molar-refractivity contribution < 1.29 is 4.39 Å². The van der Waals surface area contributed by atoms with E-state index in [0.717, 1.165) is 11.1 Å². The van der Waals surface area contributed by atoms with Crippen LogP contribution in [-0.2, 0) is 12.1 Å². The predicted molar refractivity (Wildman–Crippen MR) is 79.9 cm³/mol. The van der Waals surface area contributed by atoms with Crippen LogP contribution in [0.15, 0.2) is 37.2 Å². The van der Waals surface area contributed by atoms with Gasteiger partial charge < -0.3 is 5.32 Å². The van der Waals surface area contributed by atoms with E-state index in [4.69, 9.17) is 11.6 Å². The van der Waals surface area contributed by atoms with Gasteiger partial charge in [-0.05, 0) is 31.5 Å². The molecule has 2 aromatic rings. The Morgan fingerprint density at radius 3 is 2.85 bits per heavy atom. The summed E-state index contributed by atoms with van der Waals surface area (Å²) in [5, 5.41) is 7.94. The van der Waals surface area contributed by atoms with E-state index >= 15 is 0 Å². The van der Waals surface area contributed by atoms with Crippen molar-refractivity contribution in [3.8, 4) is 0 Å². The van der Waals surface area contributed by atoms with Gasteiger partial charge in [0.05, 0.1) is 6.20 Å². The van der Waals surface area contributed by atoms with Crippen molar-refractivity contribution >= 4 is 17.8 Å². The number of hydrogen-bond acceptors (Lipinski definition) is 2. The zero-order valence-corrected chi connectivity index (χ0v) is 12.3. The minimum atomic E-state index is -0.374. The van der Waals surface area contributed by atoms with Gasteiger partial charge in [0, 0.05) is 35.1 Å². The summed E-state index contributed by atoms with van der Waals surface area (Å²) < 4.78 is 14.8. The van der Waals surface area contributed by atoms with Crippen LogP contribution >= 0.6 is 11.6 Å². The van der Waals surface area contributed by atoms with Crippen LogP contribution in [0.4, 0.5) is 4.39 Å². The zero-order chi connectivity index (χ0) is 14.8. The van der Waals surface area contributed by atoms with E-state index in [2.05, 4.69) is 17.0 Å². The van der Waals surface area contributed by atoms with Crippen LogP contribution in [0.25, 0.3) is 6.20 Å². The molecule has 1 heterocycles. The van der Waals surface area contributed by atoms with Gasteiger partial charge >= 0.3 is 0 Å². The van der Waals surface area contributed by atoms with Crippen LogP contribution in [0.2, 0.25) is 5.02 Å². The lowest BCUT2D eigenvalue weighted by molar-refractivity contribution is 0.401. The van der Waals surface area contributed by atoms with E-state index < -0.39 is 0 Å². The standard InChI is InChI=1S/C15H17ClFN3/c1-4-20-10-11(9-19-20)8-18-15(2,3)13-6-5-12(17)7-14(13)16/h4-7,9-10,18H,1,8H2,2-3H3. The van der Waals surface area contributed by atoms with Crippen molar-refractivity contribution in [2.24, 2.45) is 0 Å². The molecule has 0 aliphatic heterocycles. The molecule has 0 saturated heterocycles. The third-order valence-corrected chi connectivity index (χ3v) is 3.49. The fraction of sp³-hybridized carbons (Fsp3) is 0.267. The maximum absolute atomic E-state index is 13.1. The first kappa shape index (κ1) is 14.8. The molecule has 1 aromatic heterocycles. The molecule has 0 radical (unpaired) electrons. The molecular weight excluding hydrogens is 277 g/mol. The third-order valence-electron chi connectivity index (χ3n) is 3.18. The minimum absolute atomic E-state index is 0.332. The molecule has 0 bridgehead atoms. The molecule has 0 unspecified atom stereocenters. The first-order valence-electron chi connectivity index (χ1n) is 6.28. The Morgan fingerprint density at radius 1 is 1.50 bits per heavy atom. The maximum atomic E-state index is 13.1. The van der Waals surface area contributed by atoms with Gasteiger partial charge in [-0.25, -0.2) is 9.07 Å². The van der Waals surface area contributed by atoms with E-state index in [1.807, 2.05) is 20.0 Å². The first-order valence-corrected chi connectivity index (χ1v) is 6.66. The summed E-state index contributed by atoms with van der Waals surface area (Å²) in [6.07, 6.45) is 5.30. The molecule has 0 spiro atoms. The van der Waals surface area contributed by atoms with Crippen LogP contribution in [0.3, 0.4) is 0 Å². The van der Waals surface area contributed by atoms with Crippen molar-refractivity contribution in [2.45, 2.75) is 25.9 Å². The lowest BCUT2D eigenvalue weighted by Gasteiger charge is -2.28. The molecule has 3 nitrogen and oxygen atoms in total. The lowest BCUT2D eigenvalue weighted by atomic mass is 9.94. The van der Waals surface area contributed by atoms with Crippen molar-refractivity contribution in [3.05, 3.63) is 59.1 Å². The topological polar surface area (TPSA) is 29.9 Å². The number of benzene rings is 1. The summed E-state index contributed by atoms with van der Waals surface area (Å²) in [5.74, 6) is -0.332. The van der Waals surface area contributed by atoms with Gasteiger partial charge in [0.1, 0.15) is 5.82 Å². The van der Waals surface area contributed by atoms with Gasteiger partial charge in [-0.15, -0.1) is 0 Å². The fourth-order valence-corrected chi connectivity index (χ4v) is 2.39. The van der Waals surface area contributed by atoms with E-state index in [1.165, 1.54) is 12.1 Å². The Kier molecular flexibility index (Phi) is 4.26. The third kappa shape index (κ3) is 3.26. The summed E-state index contributed by atoms with van der Waals surface area (Å²) in [6.45, 7) is 8.29. The van der Waals surface area contributed by atoms with E-state index in [9.17, 15) is 4.39 Å². The Labute approximate surface area is 123 Å². The number of nitrogens with one attached hydrogen (secondary N) is 1. The van der Waals surface area contributed by atoms with Gasteiger partial charge in [0.15, 0.2) is 0 Å². The van der Waals surface area contributed by atoms with Crippen LogP contribution < -0.4 is 5.32 Å². The highest BCUT2D eigenvalue weighted by Gasteiger charge is 2.23. The highest BCUT2D eigenvalue weighted by Crippen LogP contribution is 2.28. The van der Waals surface area contributed by atoms with Crippen LogP contribution in [0.1, 0.15) is 25.0 Å². The number of aromatic nitrogens is 2. The quantitative estimate of drug-likeness (QED) is 0.909. The molecule has 0 fully saturated rings. The zero-order valence-electron chi connectivity index (χ0n) is 11.5. The number of nitrogens with zero attached hydrogens (tertiary/aromatic N) is 2. The molecule has 0 atom stereocenters. The highest BCUT2D eigenvalue weighted by molar-refractivity contribution is 6.31. The number of hydrogen-bond donors (Lipinski definition) is 1. The van der Waals surface area contributed by atoms with Crippen molar-refractivity contribution in [1.29, 1.82) is 0 Å². The monoisotopic (exact) mass is 293 g/mol. The SMILES string of the molecule is C=Cn1cc(CNC(C)(C)c2ccc(F)cc2Cl)cn1. The second kappa shape index (κ2) is 5.77. The van der Waals surface area contributed by atoms with Crippen molar-refractivity contribution in [3.63, 3.8) is 0 Å². The average Bonchev–Trinajstić information content (AvgIpc) is 2.84. The average molecular weight is 294 g/mol. The summed E-state index contributed by atoms with van der Waals surface area (Å²) in [6, 6.07) is 4.45. The van der Waals surface area contributed by atoms with Crippen LogP contribution in [0, 0.1) is 5.82 Å². The molecule has 2 rings (SSSR count). The second-order valence-electron chi connectivity index (χ2n) is 5.11. The second-order valence-corrected chi connectivity index (χ2v) is 5.52. The Balaban J connectivity index is 2.12. The van der Waals surface area contributed by atoms with Crippen molar-refractivity contribution in [1.82, 2.24) is 15.1 Å². The molecule has 0 saturated carbocycles. The summed E-state index contributed by atoms with van der Waals surface area (Å²) >= 11 is 6.11. The van der Waals surface area contributed by atoms with Gasteiger partial charge in [-0.2, -0.15) is 5.10 Å². The van der Waals surface area contributed by atoms with Crippen LogP contribution in [0.5, 0.6) is 0 Å². The first-order chi connectivity index (χ1) is 9.42. The van der Waals surface area contributed by atoms with Gasteiger partial charge in [-0.3, -0.25) is 0 Å². The molecule has 106 valence electrons. The minimum Gasteiger partial charge on any atom is -0.304 e. The highest BCUT2D eigenvalue weighted by atomic mass is 35.5. The van der Waals surface area contributed by atoms with Gasteiger partial charge in [-0.1, -0.05) is 24.2 Å². The Morgan fingerprint density at radius 2 is 2.25 bits per heavy atom. The molecule has 0 aliphatic rings.